The Morgan fingerprint density at radius 2 is 2.08 bits per heavy atom. The van der Waals surface area contributed by atoms with Crippen LogP contribution in [0.2, 0.25) is 0 Å². The molecule has 1 saturated carbocycles. The Bertz CT molecular complexity index is 243. The Hall–Kier alpha value is -0.330. The lowest BCUT2D eigenvalue weighted by atomic mass is 9.92. The first-order chi connectivity index (χ1) is 5.87. The summed E-state index contributed by atoms with van der Waals surface area (Å²) >= 11 is -2.27. The van der Waals surface area contributed by atoms with E-state index in [1.807, 2.05) is 13.8 Å². The highest BCUT2D eigenvalue weighted by atomic mass is 32.2. The Morgan fingerprint density at radius 3 is 2.46 bits per heavy atom. The van der Waals surface area contributed by atoms with E-state index in [1.54, 1.807) is 0 Å². The Balaban J connectivity index is 2.59. The maximum Gasteiger partial charge on any atom is 0.325 e. The van der Waals surface area contributed by atoms with Gasteiger partial charge in [0.2, 0.25) is 0 Å². The van der Waals surface area contributed by atoms with Crippen LogP contribution in [0.1, 0.15) is 33.1 Å². The average Bonchev–Trinajstić information content (AvgIpc) is 2.25. The smallest absolute Gasteiger partial charge is 0.325 e. The van der Waals surface area contributed by atoms with Crippen LogP contribution < -0.4 is 0 Å². The zero-order chi connectivity index (χ0) is 10.1. The fraction of sp³-hybridized carbons (Fsp3) is 1.00. The number of rotatable bonds is 3. The SMILES string of the molecule is CC1(C)CCC(O)(OS(=O)N=O)C1. The fourth-order valence-corrected chi connectivity index (χ4v) is 2.12. The van der Waals surface area contributed by atoms with Gasteiger partial charge in [0.1, 0.15) is 0 Å². The summed E-state index contributed by atoms with van der Waals surface area (Å²) in [6.45, 7) is 3.96. The molecule has 0 spiro atoms. The third kappa shape index (κ3) is 2.82. The van der Waals surface area contributed by atoms with Crippen LogP contribution in [0.15, 0.2) is 4.58 Å². The molecule has 0 radical (unpaired) electrons. The predicted octanol–water partition coefficient (Wildman–Crippen LogP) is 1.25. The van der Waals surface area contributed by atoms with Crippen LogP contribution in [-0.2, 0) is 15.4 Å². The van der Waals surface area contributed by atoms with Gasteiger partial charge < -0.3 is 5.11 Å². The maximum absolute atomic E-state index is 10.6. The molecule has 0 aromatic heterocycles. The van der Waals surface area contributed by atoms with Crippen molar-refractivity contribution in [2.24, 2.45) is 10.00 Å². The molecule has 6 heteroatoms. The van der Waals surface area contributed by atoms with Gasteiger partial charge in [-0.2, -0.15) is 4.21 Å². The molecule has 76 valence electrons. The van der Waals surface area contributed by atoms with Crippen molar-refractivity contribution in [3.63, 3.8) is 0 Å². The lowest BCUT2D eigenvalue weighted by Crippen LogP contribution is -2.30. The standard InChI is InChI=1S/C7H13NO4S/c1-6(2)3-4-7(9,5-6)12-13(11)8-10/h9H,3-5H2,1-2H3. The van der Waals surface area contributed by atoms with Crippen LogP contribution in [0.3, 0.4) is 0 Å². The minimum Gasteiger partial charge on any atom is -0.364 e. The molecule has 0 bridgehead atoms. The zero-order valence-corrected chi connectivity index (χ0v) is 8.47. The van der Waals surface area contributed by atoms with Gasteiger partial charge >= 0.3 is 11.3 Å². The van der Waals surface area contributed by atoms with Crippen molar-refractivity contribution < 1.29 is 13.5 Å². The summed E-state index contributed by atoms with van der Waals surface area (Å²) < 4.78 is 17.5. The molecular formula is C7H13NO4S. The molecule has 1 fully saturated rings. The Kier molecular flexibility index (Phi) is 2.84. The number of nitroso groups, excluding NO2 is 1. The molecule has 1 rings (SSSR count). The molecular weight excluding hydrogens is 194 g/mol. The van der Waals surface area contributed by atoms with Gasteiger partial charge in [0, 0.05) is 12.8 Å². The van der Waals surface area contributed by atoms with Crippen molar-refractivity contribution in [3.8, 4) is 0 Å². The van der Waals surface area contributed by atoms with E-state index in [-0.39, 0.29) is 5.41 Å². The monoisotopic (exact) mass is 207 g/mol. The molecule has 0 heterocycles. The molecule has 0 aliphatic heterocycles. The molecule has 2 unspecified atom stereocenters. The summed E-state index contributed by atoms with van der Waals surface area (Å²) in [4.78, 5) is 9.81. The van der Waals surface area contributed by atoms with Crippen molar-refractivity contribution in [3.05, 3.63) is 4.91 Å². The van der Waals surface area contributed by atoms with Crippen LogP contribution in [-0.4, -0.2) is 15.1 Å². The topological polar surface area (TPSA) is 76.0 Å². The van der Waals surface area contributed by atoms with Gasteiger partial charge in [-0.3, -0.25) is 0 Å². The van der Waals surface area contributed by atoms with E-state index in [0.29, 0.717) is 12.8 Å². The molecule has 0 amide bonds. The van der Waals surface area contributed by atoms with Crippen LogP contribution >= 0.6 is 0 Å². The largest absolute Gasteiger partial charge is 0.364 e. The van der Waals surface area contributed by atoms with Crippen LogP contribution in [0, 0.1) is 10.3 Å². The molecule has 0 aromatic carbocycles. The Labute approximate surface area is 79.2 Å². The van der Waals surface area contributed by atoms with Crippen molar-refractivity contribution in [1.82, 2.24) is 0 Å². The van der Waals surface area contributed by atoms with Gasteiger partial charge in [0.15, 0.2) is 5.79 Å². The molecule has 1 aliphatic rings. The third-order valence-electron chi connectivity index (χ3n) is 2.23. The second kappa shape index (κ2) is 3.43. The molecule has 5 nitrogen and oxygen atoms in total. The van der Waals surface area contributed by atoms with E-state index in [1.165, 1.54) is 0 Å². The van der Waals surface area contributed by atoms with E-state index in [4.69, 9.17) is 0 Å². The molecule has 2 atom stereocenters. The minimum atomic E-state index is -2.27. The van der Waals surface area contributed by atoms with Crippen molar-refractivity contribution >= 4 is 11.3 Å². The summed E-state index contributed by atoms with van der Waals surface area (Å²) in [5.74, 6) is -1.44. The average molecular weight is 207 g/mol. The highest BCUT2D eigenvalue weighted by Crippen LogP contribution is 2.44. The summed E-state index contributed by atoms with van der Waals surface area (Å²) in [5, 5.41) is 9.71. The van der Waals surface area contributed by atoms with E-state index >= 15 is 0 Å². The minimum absolute atomic E-state index is 0.0398. The van der Waals surface area contributed by atoms with E-state index in [0.717, 1.165) is 6.42 Å². The number of aliphatic hydroxyl groups is 1. The zero-order valence-electron chi connectivity index (χ0n) is 7.65. The first kappa shape index (κ1) is 10.7. The first-order valence-corrected chi connectivity index (χ1v) is 5.07. The lowest BCUT2D eigenvalue weighted by Gasteiger charge is -2.22. The van der Waals surface area contributed by atoms with Gasteiger partial charge in [0.25, 0.3) is 0 Å². The lowest BCUT2D eigenvalue weighted by molar-refractivity contribution is -0.128. The van der Waals surface area contributed by atoms with Crippen molar-refractivity contribution in [2.45, 2.75) is 38.9 Å². The predicted molar refractivity (Wildman–Crippen MR) is 47.6 cm³/mol. The summed E-state index contributed by atoms with van der Waals surface area (Å²) in [5.41, 5.74) is -0.0398. The van der Waals surface area contributed by atoms with E-state index < -0.39 is 17.1 Å². The molecule has 13 heavy (non-hydrogen) atoms. The third-order valence-corrected chi connectivity index (χ3v) is 2.81. The maximum atomic E-state index is 10.6. The Morgan fingerprint density at radius 1 is 1.46 bits per heavy atom. The second-order valence-electron chi connectivity index (χ2n) is 4.16. The number of hydrogen-bond donors (Lipinski definition) is 1. The van der Waals surface area contributed by atoms with E-state index in [9.17, 15) is 14.2 Å². The quantitative estimate of drug-likeness (QED) is 0.558. The highest BCUT2D eigenvalue weighted by Gasteiger charge is 2.44. The van der Waals surface area contributed by atoms with Gasteiger partial charge in [-0.15, -0.1) is 4.91 Å². The number of hydrogen-bond acceptors (Lipinski definition) is 4. The second-order valence-corrected chi connectivity index (χ2v) is 4.91. The number of nitrogens with zero attached hydrogens (tertiary/aromatic N) is 1. The van der Waals surface area contributed by atoms with Gasteiger partial charge in [-0.1, -0.05) is 13.8 Å². The molecule has 1 N–H and O–H groups in total. The van der Waals surface area contributed by atoms with E-state index in [2.05, 4.69) is 8.77 Å². The van der Waals surface area contributed by atoms with Crippen LogP contribution in [0.4, 0.5) is 0 Å². The molecule has 0 aromatic rings. The van der Waals surface area contributed by atoms with Gasteiger partial charge in [-0.05, 0) is 11.8 Å². The van der Waals surface area contributed by atoms with Crippen molar-refractivity contribution in [1.29, 1.82) is 0 Å². The summed E-state index contributed by atoms with van der Waals surface area (Å²) in [6.07, 6.45) is 1.54. The highest BCUT2D eigenvalue weighted by molar-refractivity contribution is 7.78. The van der Waals surface area contributed by atoms with Gasteiger partial charge in [-0.25, -0.2) is 4.18 Å². The fourth-order valence-electron chi connectivity index (χ4n) is 1.68. The van der Waals surface area contributed by atoms with Crippen LogP contribution in [0.5, 0.6) is 0 Å². The molecule has 0 saturated heterocycles. The first-order valence-electron chi connectivity index (χ1n) is 4.04. The summed E-state index contributed by atoms with van der Waals surface area (Å²) in [6, 6.07) is 0. The van der Waals surface area contributed by atoms with Gasteiger partial charge in [0.05, 0.1) is 4.58 Å². The van der Waals surface area contributed by atoms with Crippen molar-refractivity contribution in [2.75, 3.05) is 0 Å². The van der Waals surface area contributed by atoms with Crippen LogP contribution in [0.25, 0.3) is 0 Å². The normalized spacial score (nSPS) is 34.4. The molecule has 1 aliphatic carbocycles. The summed E-state index contributed by atoms with van der Waals surface area (Å²) in [7, 11) is 0.